The third-order valence-corrected chi connectivity index (χ3v) is 3.54. The second kappa shape index (κ2) is 6.20. The second-order valence-electron chi connectivity index (χ2n) is 5.37. The van der Waals surface area contributed by atoms with Gasteiger partial charge in [-0.25, -0.2) is 0 Å². The average Bonchev–Trinajstić information content (AvgIpc) is 2.49. The summed E-state index contributed by atoms with van der Waals surface area (Å²) in [5, 5.41) is 7.93. The molecule has 0 radical (unpaired) electrons. The number of nitrogens with one attached hydrogen (secondary N) is 1. The van der Waals surface area contributed by atoms with Gasteiger partial charge in [0.05, 0.1) is 5.69 Å². The van der Waals surface area contributed by atoms with Crippen LogP contribution in [0.15, 0.2) is 0 Å². The Balaban J connectivity index is 2.72. The molecular formula is C14H27N3. The van der Waals surface area contributed by atoms with Crippen LogP contribution >= 0.6 is 0 Å². The summed E-state index contributed by atoms with van der Waals surface area (Å²) in [4.78, 5) is 0. The van der Waals surface area contributed by atoms with E-state index in [9.17, 15) is 0 Å². The molecule has 1 aromatic rings. The molecule has 3 nitrogen and oxygen atoms in total. The molecule has 3 heteroatoms. The van der Waals surface area contributed by atoms with Crippen LogP contribution in [-0.2, 0) is 7.05 Å². The van der Waals surface area contributed by atoms with E-state index in [4.69, 9.17) is 0 Å². The van der Waals surface area contributed by atoms with Crippen molar-refractivity contribution in [3.05, 3.63) is 17.0 Å². The van der Waals surface area contributed by atoms with Gasteiger partial charge in [0.2, 0.25) is 0 Å². The summed E-state index contributed by atoms with van der Waals surface area (Å²) in [6.07, 6.45) is 3.77. The zero-order valence-electron chi connectivity index (χ0n) is 12.2. The van der Waals surface area contributed by atoms with Crippen LogP contribution in [-0.4, -0.2) is 16.8 Å². The van der Waals surface area contributed by atoms with Crippen LogP contribution in [0, 0.1) is 19.8 Å². The molecule has 0 aliphatic heterocycles. The van der Waals surface area contributed by atoms with Crippen LogP contribution in [0.25, 0.3) is 0 Å². The minimum Gasteiger partial charge on any atom is -0.313 e. The van der Waals surface area contributed by atoms with Crippen LogP contribution in [0.2, 0.25) is 0 Å². The molecule has 0 saturated heterocycles. The monoisotopic (exact) mass is 237 g/mol. The van der Waals surface area contributed by atoms with E-state index >= 15 is 0 Å². The molecule has 0 aliphatic carbocycles. The molecule has 0 bridgehead atoms. The van der Waals surface area contributed by atoms with Gasteiger partial charge >= 0.3 is 0 Å². The Morgan fingerprint density at radius 3 is 2.29 bits per heavy atom. The topological polar surface area (TPSA) is 29.9 Å². The minimum atomic E-state index is 0.447. The first-order valence-electron chi connectivity index (χ1n) is 6.64. The number of hydrogen-bond acceptors (Lipinski definition) is 2. The summed E-state index contributed by atoms with van der Waals surface area (Å²) in [5.41, 5.74) is 3.83. The molecular weight excluding hydrogens is 210 g/mol. The quantitative estimate of drug-likeness (QED) is 0.824. The maximum Gasteiger partial charge on any atom is 0.0644 e. The van der Waals surface area contributed by atoms with E-state index in [1.54, 1.807) is 0 Å². The molecule has 0 amide bonds. The lowest BCUT2D eigenvalue weighted by Gasteiger charge is -2.17. The maximum absolute atomic E-state index is 4.50. The molecule has 0 spiro atoms. The summed E-state index contributed by atoms with van der Waals surface area (Å²) in [6, 6.07) is 0.447. The Hall–Kier alpha value is -0.830. The predicted molar refractivity (Wildman–Crippen MR) is 73.2 cm³/mol. The van der Waals surface area contributed by atoms with Crippen molar-refractivity contribution in [2.45, 2.75) is 53.0 Å². The molecule has 0 aliphatic rings. The number of hydrogen-bond donors (Lipinski definition) is 1. The van der Waals surface area contributed by atoms with Crippen LogP contribution in [0.5, 0.6) is 0 Å². The van der Waals surface area contributed by atoms with Gasteiger partial charge in [-0.1, -0.05) is 26.7 Å². The van der Waals surface area contributed by atoms with Crippen molar-refractivity contribution >= 4 is 0 Å². The number of aromatic nitrogens is 2. The fourth-order valence-electron chi connectivity index (χ4n) is 2.46. The Labute approximate surface area is 106 Å². The SMILES string of the molecule is CNC(CCCC(C)C)c1c(C)nn(C)c1C. The van der Waals surface area contributed by atoms with Crippen molar-refractivity contribution in [3.63, 3.8) is 0 Å². The van der Waals surface area contributed by atoms with Crippen molar-refractivity contribution < 1.29 is 0 Å². The van der Waals surface area contributed by atoms with Crippen LogP contribution in [0.3, 0.4) is 0 Å². The fourth-order valence-corrected chi connectivity index (χ4v) is 2.46. The van der Waals surface area contributed by atoms with Crippen molar-refractivity contribution in [2.75, 3.05) is 7.05 Å². The van der Waals surface area contributed by atoms with Gasteiger partial charge in [-0.05, 0) is 33.2 Å². The summed E-state index contributed by atoms with van der Waals surface area (Å²) in [7, 11) is 4.07. The molecule has 1 heterocycles. The Morgan fingerprint density at radius 2 is 1.88 bits per heavy atom. The standard InChI is InChI=1S/C14H27N3/c1-10(2)8-7-9-13(15-5)14-11(3)16-17(6)12(14)4/h10,13,15H,7-9H2,1-6H3. The van der Waals surface area contributed by atoms with E-state index in [0.29, 0.717) is 6.04 Å². The second-order valence-corrected chi connectivity index (χ2v) is 5.37. The van der Waals surface area contributed by atoms with Gasteiger partial charge < -0.3 is 5.32 Å². The largest absolute Gasteiger partial charge is 0.313 e. The van der Waals surface area contributed by atoms with Gasteiger partial charge in [0.15, 0.2) is 0 Å². The number of nitrogens with zero attached hydrogens (tertiary/aromatic N) is 2. The van der Waals surface area contributed by atoms with Crippen LogP contribution < -0.4 is 5.32 Å². The molecule has 98 valence electrons. The smallest absolute Gasteiger partial charge is 0.0644 e. The highest BCUT2D eigenvalue weighted by Gasteiger charge is 2.18. The average molecular weight is 237 g/mol. The first-order valence-corrected chi connectivity index (χ1v) is 6.64. The minimum absolute atomic E-state index is 0.447. The number of aryl methyl sites for hydroxylation is 2. The molecule has 1 unspecified atom stereocenters. The third-order valence-electron chi connectivity index (χ3n) is 3.54. The number of rotatable bonds is 6. The van der Waals surface area contributed by atoms with E-state index < -0.39 is 0 Å². The molecule has 0 fully saturated rings. The summed E-state index contributed by atoms with van der Waals surface area (Å²) in [5.74, 6) is 0.795. The fraction of sp³-hybridized carbons (Fsp3) is 0.786. The summed E-state index contributed by atoms with van der Waals surface area (Å²) < 4.78 is 1.98. The van der Waals surface area contributed by atoms with Crippen molar-refractivity contribution in [3.8, 4) is 0 Å². The highest BCUT2D eigenvalue weighted by atomic mass is 15.3. The molecule has 17 heavy (non-hydrogen) atoms. The highest BCUT2D eigenvalue weighted by Crippen LogP contribution is 2.25. The van der Waals surface area contributed by atoms with E-state index in [-0.39, 0.29) is 0 Å². The lowest BCUT2D eigenvalue weighted by atomic mass is 9.97. The van der Waals surface area contributed by atoms with Gasteiger partial charge in [0.1, 0.15) is 0 Å². The van der Waals surface area contributed by atoms with Gasteiger partial charge in [-0.3, -0.25) is 4.68 Å². The van der Waals surface area contributed by atoms with Gasteiger partial charge in [0.25, 0.3) is 0 Å². The van der Waals surface area contributed by atoms with E-state index in [0.717, 1.165) is 11.6 Å². The lowest BCUT2D eigenvalue weighted by molar-refractivity contribution is 0.468. The zero-order valence-corrected chi connectivity index (χ0v) is 12.2. The van der Waals surface area contributed by atoms with Crippen molar-refractivity contribution in [2.24, 2.45) is 13.0 Å². The van der Waals surface area contributed by atoms with Gasteiger partial charge in [-0.15, -0.1) is 0 Å². The Kier molecular flexibility index (Phi) is 5.19. The lowest BCUT2D eigenvalue weighted by Crippen LogP contribution is -2.18. The first kappa shape index (κ1) is 14.2. The summed E-state index contributed by atoms with van der Waals surface area (Å²) in [6.45, 7) is 8.83. The van der Waals surface area contributed by atoms with E-state index in [2.05, 4.69) is 38.1 Å². The normalized spacial score (nSPS) is 13.4. The van der Waals surface area contributed by atoms with Gasteiger partial charge in [-0.2, -0.15) is 5.10 Å². The molecule has 1 N–H and O–H groups in total. The van der Waals surface area contributed by atoms with Crippen molar-refractivity contribution in [1.82, 2.24) is 15.1 Å². The van der Waals surface area contributed by atoms with Crippen LogP contribution in [0.4, 0.5) is 0 Å². The van der Waals surface area contributed by atoms with E-state index in [1.807, 2.05) is 18.8 Å². The molecule has 1 atom stereocenters. The van der Waals surface area contributed by atoms with Gasteiger partial charge in [0, 0.05) is 24.3 Å². The highest BCUT2D eigenvalue weighted by molar-refractivity contribution is 5.28. The van der Waals surface area contributed by atoms with E-state index in [1.165, 1.54) is 30.5 Å². The molecule has 0 aromatic carbocycles. The van der Waals surface area contributed by atoms with Crippen LogP contribution in [0.1, 0.15) is 56.1 Å². The third kappa shape index (κ3) is 3.56. The first-order chi connectivity index (χ1) is 7.97. The Bertz CT molecular complexity index is 353. The summed E-state index contributed by atoms with van der Waals surface area (Å²) >= 11 is 0. The Morgan fingerprint density at radius 1 is 1.24 bits per heavy atom. The molecule has 1 rings (SSSR count). The van der Waals surface area contributed by atoms with Crippen molar-refractivity contribution in [1.29, 1.82) is 0 Å². The molecule has 1 aromatic heterocycles. The molecule has 0 saturated carbocycles. The maximum atomic E-state index is 4.50. The predicted octanol–water partition coefficient (Wildman–Crippen LogP) is 3.12. The zero-order chi connectivity index (χ0) is 13.0.